The summed E-state index contributed by atoms with van der Waals surface area (Å²) in [5.41, 5.74) is 0. The average molecular weight is 250 g/mol. The van der Waals surface area contributed by atoms with Crippen molar-refractivity contribution >= 4 is 23.5 Å². The zero-order valence-electron chi connectivity index (χ0n) is 8.63. The number of ether oxygens (including phenoxy) is 1. The zero-order valence-corrected chi connectivity index (χ0v) is 9.39. The Morgan fingerprint density at radius 3 is 2.59 bits per heavy atom. The van der Waals surface area contributed by atoms with E-state index in [4.69, 9.17) is 16.3 Å². The van der Waals surface area contributed by atoms with Crippen molar-refractivity contribution < 1.29 is 9.53 Å². The molecule has 1 N–H and O–H groups in total. The van der Waals surface area contributed by atoms with Crippen LogP contribution < -0.4 is 10.1 Å². The lowest BCUT2D eigenvalue weighted by Crippen LogP contribution is -2.17. The first-order valence-corrected chi connectivity index (χ1v) is 5.13. The second kappa shape index (κ2) is 5.27. The lowest BCUT2D eigenvalue weighted by molar-refractivity contribution is 0.215. The van der Waals surface area contributed by atoms with Crippen molar-refractivity contribution in [2.45, 2.75) is 0 Å². The first kappa shape index (κ1) is 11.3. The molecule has 1 aromatic heterocycles. The second-order valence-electron chi connectivity index (χ2n) is 3.05. The summed E-state index contributed by atoms with van der Waals surface area (Å²) < 4.78 is 5.00. The number of hydrogen-bond donors (Lipinski definition) is 1. The van der Waals surface area contributed by atoms with Crippen LogP contribution in [0.15, 0.2) is 42.7 Å². The Kier molecular flexibility index (Phi) is 3.52. The summed E-state index contributed by atoms with van der Waals surface area (Å²) >= 11 is 5.56. The van der Waals surface area contributed by atoms with Crippen LogP contribution in [0, 0.1) is 0 Å². The highest BCUT2D eigenvalue weighted by molar-refractivity contribution is 6.29. The molecule has 2 aromatic rings. The molecule has 0 unspecified atom stereocenters. The van der Waals surface area contributed by atoms with Gasteiger partial charge in [-0.05, 0) is 12.1 Å². The molecule has 0 saturated heterocycles. The summed E-state index contributed by atoms with van der Waals surface area (Å²) in [6, 6.07) is 8.71. The monoisotopic (exact) mass is 249 g/mol. The average Bonchev–Trinajstić information content (AvgIpc) is 2.33. The number of benzene rings is 1. The molecule has 86 valence electrons. The molecule has 6 heteroatoms. The minimum atomic E-state index is -0.632. The number of rotatable bonds is 2. The van der Waals surface area contributed by atoms with Gasteiger partial charge in [0.1, 0.15) is 10.9 Å². The standard InChI is InChI=1S/C11H8ClN3O2/c12-9-6-14-10(7-13-9)15-11(16)17-8-4-2-1-3-5-8/h1-7H,(H,14,15,16). The molecule has 0 atom stereocenters. The van der Waals surface area contributed by atoms with Gasteiger partial charge in [-0.25, -0.2) is 14.8 Å². The summed E-state index contributed by atoms with van der Waals surface area (Å²) in [5.74, 6) is 0.724. The van der Waals surface area contributed by atoms with Gasteiger partial charge in [-0.15, -0.1) is 0 Å². The quantitative estimate of drug-likeness (QED) is 0.889. The number of nitrogens with zero attached hydrogens (tertiary/aromatic N) is 2. The normalized spacial score (nSPS) is 9.71. The van der Waals surface area contributed by atoms with Gasteiger partial charge in [0.15, 0.2) is 5.82 Å². The third-order valence-corrected chi connectivity index (χ3v) is 2.00. The van der Waals surface area contributed by atoms with E-state index < -0.39 is 6.09 Å². The Balaban J connectivity index is 1.96. The van der Waals surface area contributed by atoms with E-state index in [-0.39, 0.29) is 11.0 Å². The molecule has 0 radical (unpaired) electrons. The summed E-state index contributed by atoms with van der Waals surface area (Å²) in [6.45, 7) is 0. The van der Waals surface area contributed by atoms with Crippen molar-refractivity contribution in [3.05, 3.63) is 47.9 Å². The van der Waals surface area contributed by atoms with Gasteiger partial charge in [0.05, 0.1) is 12.4 Å². The van der Waals surface area contributed by atoms with Crippen molar-refractivity contribution in [1.82, 2.24) is 9.97 Å². The predicted molar refractivity (Wildman–Crippen MR) is 63.1 cm³/mol. The number of aromatic nitrogens is 2. The molecule has 0 aliphatic heterocycles. The van der Waals surface area contributed by atoms with Crippen LogP contribution in [0.1, 0.15) is 0 Å². The van der Waals surface area contributed by atoms with E-state index in [2.05, 4.69) is 15.3 Å². The summed E-state index contributed by atoms with van der Waals surface area (Å²) in [5, 5.41) is 2.68. The molecule has 0 saturated carbocycles. The highest BCUT2D eigenvalue weighted by atomic mass is 35.5. The van der Waals surface area contributed by atoms with Crippen molar-refractivity contribution in [1.29, 1.82) is 0 Å². The molecule has 1 aromatic carbocycles. The fourth-order valence-corrected chi connectivity index (χ4v) is 1.20. The first-order chi connectivity index (χ1) is 8.24. The Labute approximate surface area is 102 Å². The van der Waals surface area contributed by atoms with Crippen LogP contribution in [0.5, 0.6) is 5.75 Å². The fourth-order valence-electron chi connectivity index (χ4n) is 1.10. The van der Waals surface area contributed by atoms with Crippen LogP contribution >= 0.6 is 11.6 Å². The van der Waals surface area contributed by atoms with Gasteiger partial charge in [-0.3, -0.25) is 5.32 Å². The summed E-state index contributed by atoms with van der Waals surface area (Å²) in [4.78, 5) is 19.1. The maximum absolute atomic E-state index is 11.4. The SMILES string of the molecule is O=C(Nc1cnc(Cl)cn1)Oc1ccccc1. The zero-order chi connectivity index (χ0) is 12.1. The van der Waals surface area contributed by atoms with Crippen molar-refractivity contribution in [3.8, 4) is 5.75 Å². The van der Waals surface area contributed by atoms with E-state index in [1.54, 1.807) is 24.3 Å². The van der Waals surface area contributed by atoms with Crippen molar-refractivity contribution in [2.75, 3.05) is 5.32 Å². The molecule has 0 spiro atoms. The Bertz CT molecular complexity index is 502. The van der Waals surface area contributed by atoms with E-state index in [9.17, 15) is 4.79 Å². The Morgan fingerprint density at radius 1 is 1.18 bits per heavy atom. The van der Waals surface area contributed by atoms with E-state index in [0.29, 0.717) is 5.75 Å². The van der Waals surface area contributed by atoms with E-state index in [0.717, 1.165) is 0 Å². The highest BCUT2D eigenvalue weighted by Gasteiger charge is 2.05. The summed E-state index contributed by atoms with van der Waals surface area (Å²) in [7, 11) is 0. The predicted octanol–water partition coefficient (Wildman–Crippen LogP) is 2.74. The third-order valence-electron chi connectivity index (χ3n) is 1.80. The van der Waals surface area contributed by atoms with Gasteiger partial charge < -0.3 is 4.74 Å². The van der Waals surface area contributed by atoms with Crippen LogP contribution in [0.4, 0.5) is 10.6 Å². The number of carbonyl (C=O) groups excluding carboxylic acids is 1. The fraction of sp³-hybridized carbons (Fsp3) is 0. The van der Waals surface area contributed by atoms with Crippen molar-refractivity contribution in [2.24, 2.45) is 0 Å². The largest absolute Gasteiger partial charge is 0.418 e. The number of amides is 1. The topological polar surface area (TPSA) is 64.1 Å². The van der Waals surface area contributed by atoms with E-state index in [1.165, 1.54) is 12.4 Å². The van der Waals surface area contributed by atoms with Crippen LogP contribution in [-0.2, 0) is 0 Å². The number of para-hydroxylation sites is 1. The number of carbonyl (C=O) groups is 1. The molecule has 1 amide bonds. The van der Waals surface area contributed by atoms with Gasteiger partial charge in [0.25, 0.3) is 0 Å². The molecule has 0 aliphatic rings. The first-order valence-electron chi connectivity index (χ1n) is 4.75. The third kappa shape index (κ3) is 3.42. The molecule has 17 heavy (non-hydrogen) atoms. The smallest absolute Gasteiger partial charge is 0.410 e. The van der Waals surface area contributed by atoms with Gasteiger partial charge in [-0.2, -0.15) is 0 Å². The number of halogens is 1. The molecular formula is C11H8ClN3O2. The maximum Gasteiger partial charge on any atom is 0.418 e. The van der Waals surface area contributed by atoms with Crippen LogP contribution in [0.2, 0.25) is 5.15 Å². The number of nitrogens with one attached hydrogen (secondary N) is 1. The lowest BCUT2D eigenvalue weighted by Gasteiger charge is -2.05. The van der Waals surface area contributed by atoms with Crippen molar-refractivity contribution in [3.63, 3.8) is 0 Å². The second-order valence-corrected chi connectivity index (χ2v) is 3.44. The Morgan fingerprint density at radius 2 is 1.94 bits per heavy atom. The maximum atomic E-state index is 11.4. The van der Waals surface area contributed by atoms with Gasteiger partial charge >= 0.3 is 6.09 Å². The van der Waals surface area contributed by atoms with Gasteiger partial charge in [0.2, 0.25) is 0 Å². The summed E-state index contributed by atoms with van der Waals surface area (Å²) in [6.07, 6.45) is 2.04. The number of hydrogen-bond acceptors (Lipinski definition) is 4. The molecule has 0 bridgehead atoms. The molecule has 0 fully saturated rings. The number of anilines is 1. The van der Waals surface area contributed by atoms with Crippen LogP contribution in [0.25, 0.3) is 0 Å². The minimum absolute atomic E-state index is 0.256. The van der Waals surface area contributed by atoms with Crippen LogP contribution in [-0.4, -0.2) is 16.1 Å². The lowest BCUT2D eigenvalue weighted by atomic mass is 10.3. The minimum Gasteiger partial charge on any atom is -0.410 e. The Hall–Kier alpha value is -2.14. The van der Waals surface area contributed by atoms with E-state index >= 15 is 0 Å². The molecule has 2 rings (SSSR count). The molecular weight excluding hydrogens is 242 g/mol. The molecule has 1 heterocycles. The van der Waals surface area contributed by atoms with E-state index in [1.807, 2.05) is 6.07 Å². The molecule has 0 aliphatic carbocycles. The van der Waals surface area contributed by atoms with Gasteiger partial charge in [-0.1, -0.05) is 29.8 Å². The highest BCUT2D eigenvalue weighted by Crippen LogP contribution is 2.10. The van der Waals surface area contributed by atoms with Gasteiger partial charge in [0, 0.05) is 0 Å². The van der Waals surface area contributed by atoms with Crippen LogP contribution in [0.3, 0.4) is 0 Å². The molecule has 5 nitrogen and oxygen atoms in total.